The summed E-state index contributed by atoms with van der Waals surface area (Å²) in [7, 11) is 0. The molecular weight excluding hydrogens is 360 g/mol. The van der Waals surface area contributed by atoms with Gasteiger partial charge < -0.3 is 4.57 Å². The highest BCUT2D eigenvalue weighted by Gasteiger charge is 2.13. The summed E-state index contributed by atoms with van der Waals surface area (Å²) in [4.78, 5) is 4.16. The van der Waals surface area contributed by atoms with E-state index in [9.17, 15) is 0 Å². The van der Waals surface area contributed by atoms with Crippen LogP contribution in [0.5, 0.6) is 0 Å². The van der Waals surface area contributed by atoms with Crippen LogP contribution in [0.15, 0.2) is 58.4 Å². The van der Waals surface area contributed by atoms with Crippen LogP contribution in [0.4, 0.5) is 0 Å². The molecule has 3 aromatic rings. The molecule has 3 rings (SSSR count). The molecule has 112 valence electrons. The summed E-state index contributed by atoms with van der Waals surface area (Å²) in [6.07, 6.45) is 3.58. The molecule has 22 heavy (non-hydrogen) atoms. The Morgan fingerprint density at radius 3 is 2.64 bits per heavy atom. The first-order chi connectivity index (χ1) is 10.8. The normalized spacial score (nSPS) is 10.8. The zero-order valence-corrected chi connectivity index (χ0v) is 14.5. The summed E-state index contributed by atoms with van der Waals surface area (Å²) >= 11 is 5.15. The third-order valence-electron chi connectivity index (χ3n) is 3.23. The van der Waals surface area contributed by atoms with Crippen LogP contribution >= 0.6 is 27.7 Å². The Morgan fingerprint density at radius 2 is 1.95 bits per heavy atom. The molecule has 0 fully saturated rings. The summed E-state index contributed by atoms with van der Waals surface area (Å²) in [5.74, 6) is 1.74. The van der Waals surface area contributed by atoms with Gasteiger partial charge in [0.25, 0.3) is 0 Å². The second-order valence-electron chi connectivity index (χ2n) is 4.71. The van der Waals surface area contributed by atoms with Crippen molar-refractivity contribution in [2.24, 2.45) is 0 Å². The average molecular weight is 375 g/mol. The summed E-state index contributed by atoms with van der Waals surface area (Å²) in [5.41, 5.74) is 2.26. The van der Waals surface area contributed by atoms with Crippen molar-refractivity contribution in [3.05, 3.63) is 58.8 Å². The highest BCUT2D eigenvalue weighted by Crippen LogP contribution is 2.26. The van der Waals surface area contributed by atoms with Crippen LogP contribution in [0, 0.1) is 0 Å². The minimum Gasteiger partial charge on any atom is -0.302 e. The fourth-order valence-electron chi connectivity index (χ4n) is 2.12. The first-order valence-electron chi connectivity index (χ1n) is 6.98. The van der Waals surface area contributed by atoms with E-state index < -0.39 is 0 Å². The van der Waals surface area contributed by atoms with Gasteiger partial charge >= 0.3 is 0 Å². The van der Waals surface area contributed by atoms with Gasteiger partial charge in [-0.2, -0.15) is 0 Å². The first kappa shape index (κ1) is 15.2. The molecule has 0 atom stereocenters. The van der Waals surface area contributed by atoms with Crippen LogP contribution in [0.3, 0.4) is 0 Å². The van der Waals surface area contributed by atoms with Gasteiger partial charge in [0.2, 0.25) is 0 Å². The molecule has 0 aliphatic carbocycles. The van der Waals surface area contributed by atoms with Crippen LogP contribution < -0.4 is 0 Å². The molecule has 0 saturated heterocycles. The lowest BCUT2D eigenvalue weighted by molar-refractivity contribution is 0.687. The maximum absolute atomic E-state index is 4.33. The van der Waals surface area contributed by atoms with E-state index in [2.05, 4.69) is 66.9 Å². The van der Waals surface area contributed by atoms with Crippen molar-refractivity contribution in [3.8, 4) is 11.4 Å². The standard InChI is InChI=1S/C16H15BrN4S/c1-2-21-15(13-4-3-9-18-10-13)19-20-16(21)22-11-12-5-7-14(17)8-6-12/h3-10H,2,11H2,1H3. The number of hydrogen-bond donors (Lipinski definition) is 0. The van der Waals surface area contributed by atoms with Crippen molar-refractivity contribution in [1.82, 2.24) is 19.7 Å². The van der Waals surface area contributed by atoms with Crippen molar-refractivity contribution in [1.29, 1.82) is 0 Å². The lowest BCUT2D eigenvalue weighted by Gasteiger charge is -2.07. The van der Waals surface area contributed by atoms with Crippen LogP contribution in [-0.4, -0.2) is 19.7 Å². The SMILES string of the molecule is CCn1c(SCc2ccc(Br)cc2)nnc1-c1cccnc1. The molecule has 0 radical (unpaired) electrons. The molecule has 0 bridgehead atoms. The van der Waals surface area contributed by atoms with E-state index in [4.69, 9.17) is 0 Å². The summed E-state index contributed by atoms with van der Waals surface area (Å²) in [6.45, 7) is 2.94. The number of benzene rings is 1. The Kier molecular flexibility index (Phi) is 4.90. The van der Waals surface area contributed by atoms with Gasteiger partial charge in [0.05, 0.1) is 0 Å². The van der Waals surface area contributed by atoms with Crippen LogP contribution in [0.2, 0.25) is 0 Å². The predicted octanol–water partition coefficient (Wildman–Crippen LogP) is 4.41. The van der Waals surface area contributed by atoms with Crippen LogP contribution in [0.1, 0.15) is 12.5 Å². The van der Waals surface area contributed by atoms with Crippen molar-refractivity contribution < 1.29 is 0 Å². The average Bonchev–Trinajstić information content (AvgIpc) is 2.98. The summed E-state index contributed by atoms with van der Waals surface area (Å²) in [5, 5.41) is 9.60. The van der Waals surface area contributed by atoms with Crippen molar-refractivity contribution in [3.63, 3.8) is 0 Å². The Bertz CT molecular complexity index is 741. The van der Waals surface area contributed by atoms with Gasteiger partial charge in [-0.3, -0.25) is 4.98 Å². The van der Waals surface area contributed by atoms with Gasteiger partial charge in [-0.1, -0.05) is 39.8 Å². The van der Waals surface area contributed by atoms with E-state index in [1.807, 2.05) is 18.3 Å². The third kappa shape index (κ3) is 3.39. The smallest absolute Gasteiger partial charge is 0.191 e. The van der Waals surface area contributed by atoms with Gasteiger partial charge in [-0.05, 0) is 36.8 Å². The minimum atomic E-state index is 0.833. The van der Waals surface area contributed by atoms with Gasteiger partial charge in [-0.15, -0.1) is 10.2 Å². The zero-order valence-electron chi connectivity index (χ0n) is 12.1. The Hall–Kier alpha value is -1.66. The number of halogens is 1. The van der Waals surface area contributed by atoms with E-state index in [1.165, 1.54) is 5.56 Å². The number of hydrogen-bond acceptors (Lipinski definition) is 4. The van der Waals surface area contributed by atoms with Crippen molar-refractivity contribution in [2.75, 3.05) is 0 Å². The van der Waals surface area contributed by atoms with Crippen LogP contribution in [0.25, 0.3) is 11.4 Å². The van der Waals surface area contributed by atoms with E-state index >= 15 is 0 Å². The van der Waals surface area contributed by atoms with E-state index in [0.717, 1.165) is 33.3 Å². The molecule has 0 aliphatic heterocycles. The fourth-order valence-corrected chi connectivity index (χ4v) is 3.34. The van der Waals surface area contributed by atoms with Gasteiger partial charge in [-0.25, -0.2) is 0 Å². The van der Waals surface area contributed by atoms with Crippen LogP contribution in [-0.2, 0) is 12.3 Å². The fraction of sp³-hybridized carbons (Fsp3) is 0.188. The number of pyridine rings is 1. The van der Waals surface area contributed by atoms with Gasteiger partial charge in [0, 0.05) is 34.7 Å². The molecule has 0 saturated carbocycles. The lowest BCUT2D eigenvalue weighted by Crippen LogP contribution is -2.00. The lowest BCUT2D eigenvalue weighted by atomic mass is 10.2. The zero-order chi connectivity index (χ0) is 15.4. The summed E-state index contributed by atoms with van der Waals surface area (Å²) < 4.78 is 3.22. The minimum absolute atomic E-state index is 0.833. The largest absolute Gasteiger partial charge is 0.302 e. The predicted molar refractivity (Wildman–Crippen MR) is 92.6 cm³/mol. The van der Waals surface area contributed by atoms with E-state index in [-0.39, 0.29) is 0 Å². The van der Waals surface area contributed by atoms with Crippen molar-refractivity contribution >= 4 is 27.7 Å². The topological polar surface area (TPSA) is 43.6 Å². The molecule has 2 heterocycles. The molecule has 0 aliphatic rings. The van der Waals surface area contributed by atoms with Crippen molar-refractivity contribution in [2.45, 2.75) is 24.4 Å². The highest BCUT2D eigenvalue weighted by atomic mass is 79.9. The van der Waals surface area contributed by atoms with E-state index in [0.29, 0.717) is 0 Å². The maximum atomic E-state index is 4.33. The quantitative estimate of drug-likeness (QED) is 0.620. The van der Waals surface area contributed by atoms with Gasteiger partial charge in [0.15, 0.2) is 11.0 Å². The molecule has 2 aromatic heterocycles. The molecule has 4 nitrogen and oxygen atoms in total. The molecular formula is C16H15BrN4S. The third-order valence-corrected chi connectivity index (χ3v) is 4.80. The molecule has 6 heteroatoms. The van der Waals surface area contributed by atoms with E-state index in [1.54, 1.807) is 18.0 Å². The molecule has 0 N–H and O–H groups in total. The molecule has 1 aromatic carbocycles. The number of aromatic nitrogens is 4. The molecule has 0 unspecified atom stereocenters. The number of rotatable bonds is 5. The maximum Gasteiger partial charge on any atom is 0.191 e. The van der Waals surface area contributed by atoms with Gasteiger partial charge in [0.1, 0.15) is 0 Å². The molecule has 0 spiro atoms. The number of thioether (sulfide) groups is 1. The highest BCUT2D eigenvalue weighted by molar-refractivity contribution is 9.10. The monoisotopic (exact) mass is 374 g/mol. The second-order valence-corrected chi connectivity index (χ2v) is 6.57. The Labute approximate surface area is 142 Å². The molecule has 0 amide bonds. The Balaban J connectivity index is 1.80. The number of nitrogens with zero attached hydrogens (tertiary/aromatic N) is 4. The Morgan fingerprint density at radius 1 is 1.14 bits per heavy atom. The first-order valence-corrected chi connectivity index (χ1v) is 8.76. The summed E-state index contributed by atoms with van der Waals surface area (Å²) in [6, 6.07) is 12.3. The second kappa shape index (κ2) is 7.07.